The average molecular weight is 502 g/mol. The Morgan fingerprint density at radius 1 is 1.14 bits per heavy atom. The summed E-state index contributed by atoms with van der Waals surface area (Å²) in [4.78, 5) is 12.9. The van der Waals surface area contributed by atoms with E-state index >= 15 is 0 Å². The van der Waals surface area contributed by atoms with Crippen molar-refractivity contribution < 1.29 is 0 Å². The summed E-state index contributed by atoms with van der Waals surface area (Å²) in [5.74, 6) is 1.68. The molecule has 0 amide bonds. The van der Waals surface area contributed by atoms with E-state index in [1.807, 2.05) is 30.1 Å². The van der Waals surface area contributed by atoms with E-state index in [-0.39, 0.29) is 29.4 Å². The number of halogens is 1. The summed E-state index contributed by atoms with van der Waals surface area (Å²) < 4.78 is 1.89. The van der Waals surface area contributed by atoms with Crippen molar-refractivity contribution in [3.8, 4) is 5.82 Å². The van der Waals surface area contributed by atoms with E-state index in [9.17, 15) is 0 Å². The second-order valence-corrected chi connectivity index (χ2v) is 7.27. The first kappa shape index (κ1) is 21.3. The van der Waals surface area contributed by atoms with Crippen LogP contribution in [0.3, 0.4) is 0 Å². The van der Waals surface area contributed by atoms with Crippen LogP contribution in [-0.2, 0) is 12.0 Å². The van der Waals surface area contributed by atoms with E-state index in [0.717, 1.165) is 23.9 Å². The van der Waals surface area contributed by atoms with Gasteiger partial charge in [0.15, 0.2) is 5.96 Å². The summed E-state index contributed by atoms with van der Waals surface area (Å²) >= 11 is 0. The highest BCUT2D eigenvalue weighted by Crippen LogP contribution is 2.43. The number of benzene rings is 1. The Morgan fingerprint density at radius 3 is 2.55 bits per heavy atom. The molecule has 1 aliphatic rings. The van der Waals surface area contributed by atoms with Crippen molar-refractivity contribution in [1.82, 2.24) is 25.2 Å². The molecule has 0 radical (unpaired) electrons. The Balaban J connectivity index is 0.00000240. The second-order valence-electron chi connectivity index (χ2n) is 7.27. The van der Waals surface area contributed by atoms with Crippen LogP contribution in [0.5, 0.6) is 0 Å². The van der Waals surface area contributed by atoms with Crippen molar-refractivity contribution >= 4 is 29.9 Å². The molecule has 1 saturated carbocycles. The maximum Gasteiger partial charge on any atom is 0.191 e. The van der Waals surface area contributed by atoms with Crippen molar-refractivity contribution in [2.75, 3.05) is 13.6 Å². The van der Waals surface area contributed by atoms with Crippen LogP contribution in [0, 0.1) is 0 Å². The van der Waals surface area contributed by atoms with E-state index in [1.165, 1.54) is 24.8 Å². The molecule has 29 heavy (non-hydrogen) atoms. The fourth-order valence-corrected chi connectivity index (χ4v) is 3.69. The summed E-state index contributed by atoms with van der Waals surface area (Å²) in [6.07, 6.45) is 11.0. The number of nitrogens with one attached hydrogen (secondary N) is 2. The van der Waals surface area contributed by atoms with Gasteiger partial charge in [-0.25, -0.2) is 9.97 Å². The van der Waals surface area contributed by atoms with Crippen molar-refractivity contribution in [2.24, 2.45) is 4.99 Å². The van der Waals surface area contributed by atoms with Crippen LogP contribution in [0.1, 0.15) is 30.4 Å². The molecule has 0 aliphatic heterocycles. The molecule has 2 heterocycles. The lowest BCUT2D eigenvalue weighted by molar-refractivity contribution is 0.244. The van der Waals surface area contributed by atoms with Crippen molar-refractivity contribution in [3.05, 3.63) is 78.5 Å². The number of aromatic nitrogens is 3. The number of imidazole rings is 1. The van der Waals surface area contributed by atoms with E-state index < -0.39 is 0 Å². The molecule has 0 spiro atoms. The van der Waals surface area contributed by atoms with Gasteiger partial charge in [0.05, 0.1) is 0 Å². The van der Waals surface area contributed by atoms with E-state index in [0.29, 0.717) is 6.54 Å². The highest BCUT2D eigenvalue weighted by atomic mass is 127. The van der Waals surface area contributed by atoms with Crippen molar-refractivity contribution in [2.45, 2.75) is 31.2 Å². The molecule has 152 valence electrons. The summed E-state index contributed by atoms with van der Waals surface area (Å²) in [6, 6.07) is 14.9. The number of aliphatic imine (C=N–C) groups is 1. The molecule has 0 unspecified atom stereocenters. The Morgan fingerprint density at radius 2 is 1.97 bits per heavy atom. The third kappa shape index (κ3) is 4.95. The zero-order valence-electron chi connectivity index (χ0n) is 16.6. The quantitative estimate of drug-likeness (QED) is 0.307. The lowest BCUT2D eigenvalue weighted by Crippen LogP contribution is -2.48. The Bertz CT molecular complexity index is 902. The van der Waals surface area contributed by atoms with Gasteiger partial charge in [-0.3, -0.25) is 9.56 Å². The number of pyridine rings is 1. The van der Waals surface area contributed by atoms with Gasteiger partial charge in [0.2, 0.25) is 0 Å². The van der Waals surface area contributed by atoms with E-state index in [2.05, 4.69) is 62.0 Å². The maximum atomic E-state index is 4.49. The first-order valence-corrected chi connectivity index (χ1v) is 9.72. The maximum absolute atomic E-state index is 4.49. The summed E-state index contributed by atoms with van der Waals surface area (Å²) in [5, 5.41) is 6.91. The van der Waals surface area contributed by atoms with Gasteiger partial charge < -0.3 is 10.6 Å². The minimum Gasteiger partial charge on any atom is -0.356 e. The fraction of sp³-hybridized carbons (Fsp3) is 0.318. The Labute approximate surface area is 188 Å². The van der Waals surface area contributed by atoms with Gasteiger partial charge in [-0.1, -0.05) is 42.8 Å². The standard InChI is InChI=1S/C22H26N6.HI/c1-23-21(27-16-22(10-5-11-22)19-6-3-2-4-7-19)26-15-18-8-9-20(25-14-18)28-13-12-24-17-28;/h2-4,6-9,12-14,17H,5,10-11,15-16H2,1H3,(H2,23,26,27);1H. The monoisotopic (exact) mass is 502 g/mol. The van der Waals surface area contributed by atoms with Gasteiger partial charge >= 0.3 is 0 Å². The SMILES string of the molecule is CN=C(NCc1ccc(-n2ccnc2)nc1)NCC1(c2ccccc2)CCC1.I. The molecule has 2 N–H and O–H groups in total. The van der Waals surface area contributed by atoms with Gasteiger partial charge in [-0.05, 0) is 30.0 Å². The fourth-order valence-electron chi connectivity index (χ4n) is 3.69. The van der Waals surface area contributed by atoms with Gasteiger partial charge in [0.1, 0.15) is 12.1 Å². The highest BCUT2D eigenvalue weighted by molar-refractivity contribution is 14.0. The molecule has 3 aromatic rings. The molecule has 6 nitrogen and oxygen atoms in total. The summed E-state index contributed by atoms with van der Waals surface area (Å²) in [7, 11) is 1.81. The number of guanidine groups is 1. The van der Waals surface area contributed by atoms with Crippen LogP contribution in [0.2, 0.25) is 0 Å². The largest absolute Gasteiger partial charge is 0.356 e. The normalized spacial score (nSPS) is 15.1. The van der Waals surface area contributed by atoms with Crippen LogP contribution in [0.25, 0.3) is 5.82 Å². The van der Waals surface area contributed by atoms with Crippen LogP contribution >= 0.6 is 24.0 Å². The van der Waals surface area contributed by atoms with Gasteiger partial charge in [-0.2, -0.15) is 0 Å². The molecule has 0 saturated heterocycles. The molecule has 7 heteroatoms. The van der Waals surface area contributed by atoms with E-state index in [1.54, 1.807) is 12.5 Å². The van der Waals surface area contributed by atoms with Gasteiger partial charge in [0, 0.05) is 44.1 Å². The zero-order valence-corrected chi connectivity index (χ0v) is 18.9. The summed E-state index contributed by atoms with van der Waals surface area (Å²) in [6.45, 7) is 1.57. The number of hydrogen-bond acceptors (Lipinski definition) is 3. The lowest BCUT2D eigenvalue weighted by atomic mass is 9.64. The zero-order chi connectivity index (χ0) is 19.2. The lowest BCUT2D eigenvalue weighted by Gasteiger charge is -2.43. The molecule has 2 aromatic heterocycles. The first-order valence-electron chi connectivity index (χ1n) is 9.72. The molecular weight excluding hydrogens is 475 g/mol. The Hall–Kier alpha value is -2.42. The van der Waals surface area contributed by atoms with Gasteiger partial charge in [-0.15, -0.1) is 24.0 Å². The number of nitrogens with zero attached hydrogens (tertiary/aromatic N) is 4. The topological polar surface area (TPSA) is 67.1 Å². The number of hydrogen-bond donors (Lipinski definition) is 2. The molecule has 4 rings (SSSR count). The third-order valence-electron chi connectivity index (χ3n) is 5.55. The van der Waals surface area contributed by atoms with Crippen molar-refractivity contribution in [3.63, 3.8) is 0 Å². The van der Waals surface area contributed by atoms with Crippen LogP contribution < -0.4 is 10.6 Å². The second kappa shape index (κ2) is 9.87. The minimum absolute atomic E-state index is 0. The molecular formula is C22H27IN6. The molecule has 0 atom stereocenters. The smallest absolute Gasteiger partial charge is 0.191 e. The van der Waals surface area contributed by atoms with Crippen LogP contribution in [-0.4, -0.2) is 34.1 Å². The predicted molar refractivity (Wildman–Crippen MR) is 127 cm³/mol. The summed E-state index contributed by atoms with van der Waals surface area (Å²) in [5.41, 5.74) is 2.75. The Kier molecular flexibility index (Phi) is 7.24. The van der Waals surface area contributed by atoms with Gasteiger partial charge in [0.25, 0.3) is 0 Å². The highest BCUT2D eigenvalue weighted by Gasteiger charge is 2.38. The van der Waals surface area contributed by atoms with E-state index in [4.69, 9.17) is 0 Å². The van der Waals surface area contributed by atoms with Crippen LogP contribution in [0.15, 0.2) is 72.4 Å². The molecule has 1 aliphatic carbocycles. The van der Waals surface area contributed by atoms with Crippen molar-refractivity contribution in [1.29, 1.82) is 0 Å². The average Bonchev–Trinajstić information content (AvgIpc) is 3.25. The predicted octanol–water partition coefficient (Wildman–Crippen LogP) is 3.67. The minimum atomic E-state index is 0. The number of rotatable bonds is 6. The molecule has 0 bridgehead atoms. The third-order valence-corrected chi connectivity index (χ3v) is 5.55. The molecule has 1 fully saturated rings. The van der Waals surface area contributed by atoms with Crippen LogP contribution in [0.4, 0.5) is 0 Å². The first-order chi connectivity index (χ1) is 13.8. The molecule has 1 aromatic carbocycles.